The van der Waals surface area contributed by atoms with Crippen LogP contribution in [0, 0.1) is 13.8 Å². The second-order valence-electron chi connectivity index (χ2n) is 3.90. The van der Waals surface area contributed by atoms with Crippen molar-refractivity contribution >= 4 is 23.2 Å². The Labute approximate surface area is 110 Å². The number of nitrogens with zero attached hydrogens (tertiary/aromatic N) is 2. The molecule has 0 aliphatic heterocycles. The Morgan fingerprint density at radius 1 is 1.28 bits per heavy atom. The van der Waals surface area contributed by atoms with Gasteiger partial charge in [-0.05, 0) is 43.7 Å². The van der Waals surface area contributed by atoms with E-state index in [0.717, 1.165) is 11.3 Å². The fraction of sp³-hybridized carbons (Fsp3) is 0.154. The molecule has 0 aliphatic rings. The van der Waals surface area contributed by atoms with E-state index in [1.807, 2.05) is 6.92 Å². The van der Waals surface area contributed by atoms with E-state index in [-0.39, 0.29) is 5.91 Å². The fourth-order valence-corrected chi connectivity index (χ4v) is 1.76. The lowest BCUT2D eigenvalue weighted by Gasteiger charge is -2.08. The highest BCUT2D eigenvalue weighted by atomic mass is 35.5. The Morgan fingerprint density at radius 3 is 2.72 bits per heavy atom. The van der Waals surface area contributed by atoms with E-state index in [0.29, 0.717) is 16.5 Å². The van der Waals surface area contributed by atoms with Gasteiger partial charge in [0.25, 0.3) is 5.91 Å². The van der Waals surface area contributed by atoms with Crippen LogP contribution in [0.2, 0.25) is 5.02 Å². The van der Waals surface area contributed by atoms with Crippen molar-refractivity contribution in [1.82, 2.24) is 9.97 Å². The van der Waals surface area contributed by atoms with Crippen LogP contribution in [0.3, 0.4) is 0 Å². The quantitative estimate of drug-likeness (QED) is 0.904. The molecule has 1 heterocycles. The molecule has 0 spiro atoms. The third-order valence-corrected chi connectivity index (χ3v) is 2.68. The standard InChI is InChI=1S/C13H12ClN3O/c1-8-7-10(14)3-4-11(8)17-13(18)12-5-6-15-9(2)16-12/h3-7H,1-2H3,(H,17,18). The number of halogens is 1. The minimum absolute atomic E-state index is 0.258. The molecule has 0 fully saturated rings. The smallest absolute Gasteiger partial charge is 0.274 e. The van der Waals surface area contributed by atoms with Crippen molar-refractivity contribution in [3.63, 3.8) is 0 Å². The third kappa shape index (κ3) is 2.84. The van der Waals surface area contributed by atoms with Gasteiger partial charge in [-0.1, -0.05) is 11.6 Å². The molecule has 5 heteroatoms. The highest BCUT2D eigenvalue weighted by Gasteiger charge is 2.09. The Kier molecular flexibility index (Phi) is 3.58. The van der Waals surface area contributed by atoms with Crippen LogP contribution in [0.25, 0.3) is 0 Å². The summed E-state index contributed by atoms with van der Waals surface area (Å²) in [4.78, 5) is 20.0. The molecule has 2 rings (SSSR count). The lowest BCUT2D eigenvalue weighted by atomic mass is 10.2. The van der Waals surface area contributed by atoms with Gasteiger partial charge in [0.2, 0.25) is 0 Å². The first-order chi connectivity index (χ1) is 8.56. The zero-order valence-corrected chi connectivity index (χ0v) is 10.8. The van der Waals surface area contributed by atoms with Crippen molar-refractivity contribution in [2.45, 2.75) is 13.8 Å². The average Bonchev–Trinajstić information content (AvgIpc) is 2.32. The number of carbonyl (C=O) groups excluding carboxylic acids is 1. The van der Waals surface area contributed by atoms with Gasteiger partial charge in [-0.15, -0.1) is 0 Å². The number of aromatic nitrogens is 2. The van der Waals surface area contributed by atoms with Crippen LogP contribution in [0.4, 0.5) is 5.69 Å². The highest BCUT2D eigenvalue weighted by Crippen LogP contribution is 2.19. The number of rotatable bonds is 2. The number of amides is 1. The summed E-state index contributed by atoms with van der Waals surface area (Å²) in [5.74, 6) is 0.307. The predicted octanol–water partition coefficient (Wildman–Crippen LogP) is 3.00. The number of carbonyl (C=O) groups is 1. The number of hydrogen-bond donors (Lipinski definition) is 1. The minimum Gasteiger partial charge on any atom is -0.320 e. The largest absolute Gasteiger partial charge is 0.320 e. The summed E-state index contributed by atoms with van der Waals surface area (Å²) < 4.78 is 0. The molecule has 0 saturated heterocycles. The average molecular weight is 262 g/mol. The summed E-state index contributed by atoms with van der Waals surface area (Å²) in [5, 5.41) is 3.44. The normalized spacial score (nSPS) is 10.2. The van der Waals surface area contributed by atoms with Gasteiger partial charge in [0.15, 0.2) is 0 Å². The summed E-state index contributed by atoms with van der Waals surface area (Å²) >= 11 is 5.86. The molecule has 0 atom stereocenters. The topological polar surface area (TPSA) is 54.9 Å². The molecule has 0 aliphatic carbocycles. The van der Waals surface area contributed by atoms with Gasteiger partial charge in [-0.25, -0.2) is 9.97 Å². The Balaban J connectivity index is 2.21. The molecular weight excluding hydrogens is 250 g/mol. The van der Waals surface area contributed by atoms with Gasteiger partial charge in [0.05, 0.1) is 0 Å². The number of hydrogen-bond acceptors (Lipinski definition) is 3. The third-order valence-electron chi connectivity index (χ3n) is 2.45. The second-order valence-corrected chi connectivity index (χ2v) is 4.34. The Hall–Kier alpha value is -1.94. The molecule has 1 aromatic heterocycles. The first kappa shape index (κ1) is 12.5. The molecule has 0 saturated carbocycles. The van der Waals surface area contributed by atoms with E-state index < -0.39 is 0 Å². The number of nitrogens with one attached hydrogen (secondary N) is 1. The van der Waals surface area contributed by atoms with E-state index in [1.165, 1.54) is 0 Å². The van der Waals surface area contributed by atoms with Crippen LogP contribution >= 0.6 is 11.6 Å². The molecular formula is C13H12ClN3O. The molecule has 2 aromatic rings. The van der Waals surface area contributed by atoms with Crippen molar-refractivity contribution in [3.05, 3.63) is 52.6 Å². The monoisotopic (exact) mass is 261 g/mol. The maximum Gasteiger partial charge on any atom is 0.274 e. The summed E-state index contributed by atoms with van der Waals surface area (Å²) in [6.45, 7) is 3.62. The lowest BCUT2D eigenvalue weighted by Crippen LogP contribution is -2.15. The summed E-state index contributed by atoms with van der Waals surface area (Å²) in [6.07, 6.45) is 1.56. The predicted molar refractivity (Wildman–Crippen MR) is 70.9 cm³/mol. The van der Waals surface area contributed by atoms with Crippen LogP contribution < -0.4 is 5.32 Å². The number of aryl methyl sites for hydroxylation is 2. The van der Waals surface area contributed by atoms with Crippen LogP contribution in [0.15, 0.2) is 30.5 Å². The second kappa shape index (κ2) is 5.14. The van der Waals surface area contributed by atoms with Crippen LogP contribution in [-0.2, 0) is 0 Å². The molecule has 1 N–H and O–H groups in total. The summed E-state index contributed by atoms with van der Waals surface area (Å²) in [5.41, 5.74) is 1.97. The molecule has 0 radical (unpaired) electrons. The zero-order valence-electron chi connectivity index (χ0n) is 10.1. The van der Waals surface area contributed by atoms with Gasteiger partial charge >= 0.3 is 0 Å². The molecule has 0 unspecified atom stereocenters. The van der Waals surface area contributed by atoms with E-state index in [9.17, 15) is 4.79 Å². The SMILES string of the molecule is Cc1nccc(C(=O)Nc2ccc(Cl)cc2C)n1. The Morgan fingerprint density at radius 2 is 2.06 bits per heavy atom. The van der Waals surface area contributed by atoms with Crippen molar-refractivity contribution < 1.29 is 4.79 Å². The fourth-order valence-electron chi connectivity index (χ4n) is 1.54. The first-order valence-electron chi connectivity index (χ1n) is 5.43. The van der Waals surface area contributed by atoms with Gasteiger partial charge in [0.1, 0.15) is 11.5 Å². The molecule has 1 amide bonds. The maximum absolute atomic E-state index is 12.0. The lowest BCUT2D eigenvalue weighted by molar-refractivity contribution is 0.102. The van der Waals surface area contributed by atoms with E-state index >= 15 is 0 Å². The van der Waals surface area contributed by atoms with Gasteiger partial charge in [0, 0.05) is 16.9 Å². The summed E-state index contributed by atoms with van der Waals surface area (Å²) in [6, 6.07) is 6.87. The molecule has 18 heavy (non-hydrogen) atoms. The van der Waals surface area contributed by atoms with Gasteiger partial charge < -0.3 is 5.32 Å². The minimum atomic E-state index is -0.258. The van der Waals surface area contributed by atoms with Crippen LogP contribution in [0.5, 0.6) is 0 Å². The van der Waals surface area contributed by atoms with Crippen LogP contribution in [-0.4, -0.2) is 15.9 Å². The highest BCUT2D eigenvalue weighted by molar-refractivity contribution is 6.30. The van der Waals surface area contributed by atoms with Crippen molar-refractivity contribution in [3.8, 4) is 0 Å². The molecule has 92 valence electrons. The van der Waals surface area contributed by atoms with Crippen molar-refractivity contribution in [2.24, 2.45) is 0 Å². The van der Waals surface area contributed by atoms with Crippen LogP contribution in [0.1, 0.15) is 21.9 Å². The van der Waals surface area contributed by atoms with E-state index in [2.05, 4.69) is 15.3 Å². The maximum atomic E-state index is 12.0. The summed E-state index contributed by atoms with van der Waals surface area (Å²) in [7, 11) is 0. The van der Waals surface area contributed by atoms with E-state index in [4.69, 9.17) is 11.6 Å². The first-order valence-corrected chi connectivity index (χ1v) is 5.81. The van der Waals surface area contributed by atoms with Gasteiger partial charge in [-0.2, -0.15) is 0 Å². The molecule has 1 aromatic carbocycles. The molecule has 0 bridgehead atoms. The Bertz CT molecular complexity index is 599. The van der Waals surface area contributed by atoms with Gasteiger partial charge in [-0.3, -0.25) is 4.79 Å². The molecule has 4 nitrogen and oxygen atoms in total. The van der Waals surface area contributed by atoms with Crippen molar-refractivity contribution in [1.29, 1.82) is 0 Å². The van der Waals surface area contributed by atoms with E-state index in [1.54, 1.807) is 37.4 Å². The zero-order chi connectivity index (χ0) is 13.1. The number of benzene rings is 1. The van der Waals surface area contributed by atoms with Crippen molar-refractivity contribution in [2.75, 3.05) is 5.32 Å². The number of anilines is 1.